The van der Waals surface area contributed by atoms with Gasteiger partial charge in [0, 0.05) is 29.8 Å². The van der Waals surface area contributed by atoms with Crippen molar-refractivity contribution < 1.29 is 19.4 Å². The highest BCUT2D eigenvalue weighted by Gasteiger charge is 2.53. The molecule has 0 spiro atoms. The lowest BCUT2D eigenvalue weighted by Gasteiger charge is -2.57. The molecule has 37 heavy (non-hydrogen) atoms. The van der Waals surface area contributed by atoms with E-state index < -0.39 is 5.97 Å². The summed E-state index contributed by atoms with van der Waals surface area (Å²) in [5, 5.41) is 12.6. The molecule has 196 valence electrons. The number of benzene rings is 2. The molecule has 4 saturated carbocycles. The van der Waals surface area contributed by atoms with E-state index in [9.17, 15) is 9.59 Å². The van der Waals surface area contributed by atoms with Crippen molar-refractivity contribution in [3.63, 3.8) is 0 Å². The van der Waals surface area contributed by atoms with Gasteiger partial charge in [-0.3, -0.25) is 9.59 Å². The maximum atomic E-state index is 13.0. The fourth-order valence-electron chi connectivity index (χ4n) is 8.34. The van der Waals surface area contributed by atoms with Crippen LogP contribution >= 0.6 is 11.6 Å². The molecule has 7 rings (SSSR count). The molecular weight excluding hydrogens is 486 g/mol. The molecule has 5 fully saturated rings. The molecule has 2 N–H and O–H groups in total. The van der Waals surface area contributed by atoms with Crippen LogP contribution in [0.2, 0.25) is 5.02 Å². The number of carboxylic acid groups (broad SMARTS) is 1. The second kappa shape index (κ2) is 10.3. The highest BCUT2D eigenvalue weighted by atomic mass is 35.5. The zero-order valence-corrected chi connectivity index (χ0v) is 22.0. The number of amides is 1. The molecule has 5 aliphatic rings. The largest absolute Gasteiger partial charge is 0.494 e. The van der Waals surface area contributed by atoms with E-state index in [2.05, 4.69) is 23.5 Å². The Morgan fingerprint density at radius 1 is 1.00 bits per heavy atom. The lowest BCUT2D eigenvalue weighted by Crippen LogP contribution is -2.49. The molecule has 2 aromatic rings. The van der Waals surface area contributed by atoms with Gasteiger partial charge in [0.05, 0.1) is 6.61 Å². The van der Waals surface area contributed by atoms with E-state index in [4.69, 9.17) is 21.4 Å². The molecule has 4 bridgehead atoms. The number of carbonyl (C=O) groups is 2. The van der Waals surface area contributed by atoms with Gasteiger partial charge >= 0.3 is 5.97 Å². The van der Waals surface area contributed by atoms with E-state index in [1.165, 1.54) is 32.1 Å². The summed E-state index contributed by atoms with van der Waals surface area (Å²) in [6.07, 6.45) is 8.26. The first kappa shape index (κ1) is 24.8. The Hall–Kier alpha value is -2.53. The molecule has 5 nitrogen and oxygen atoms in total. The molecule has 6 heteroatoms. The SMILES string of the molecule is O=C(O)CCCOc1ccc(-c2ccc(C(C3CCNC3=O)C3C4CC5CC(C4)CC3C5)c(Cl)c2)cc1. The number of ether oxygens (including phenoxy) is 1. The molecule has 0 aromatic heterocycles. The Labute approximate surface area is 223 Å². The van der Waals surface area contributed by atoms with Crippen molar-refractivity contribution in [1.82, 2.24) is 5.32 Å². The summed E-state index contributed by atoms with van der Waals surface area (Å²) in [6.45, 7) is 1.15. The molecule has 2 unspecified atom stereocenters. The highest BCUT2D eigenvalue weighted by Crippen LogP contribution is 2.61. The topological polar surface area (TPSA) is 75.6 Å². The quantitative estimate of drug-likeness (QED) is 0.367. The Morgan fingerprint density at radius 2 is 1.68 bits per heavy atom. The van der Waals surface area contributed by atoms with E-state index in [-0.39, 0.29) is 24.2 Å². The van der Waals surface area contributed by atoms with E-state index in [0.717, 1.165) is 64.1 Å². The smallest absolute Gasteiger partial charge is 0.303 e. The van der Waals surface area contributed by atoms with Gasteiger partial charge in [-0.25, -0.2) is 0 Å². The summed E-state index contributed by atoms with van der Waals surface area (Å²) >= 11 is 7.05. The molecule has 1 aliphatic heterocycles. The molecule has 0 radical (unpaired) electrons. The van der Waals surface area contributed by atoms with Crippen LogP contribution in [0.3, 0.4) is 0 Å². The molecule has 4 aliphatic carbocycles. The van der Waals surface area contributed by atoms with Crippen molar-refractivity contribution >= 4 is 23.5 Å². The number of carbonyl (C=O) groups excluding carboxylic acids is 1. The Morgan fingerprint density at radius 3 is 2.27 bits per heavy atom. The Kier molecular flexibility index (Phi) is 6.91. The molecule has 1 heterocycles. The number of hydrogen-bond acceptors (Lipinski definition) is 3. The third-order valence-electron chi connectivity index (χ3n) is 9.59. The Balaban J connectivity index is 1.23. The van der Waals surface area contributed by atoms with Crippen molar-refractivity contribution in [2.75, 3.05) is 13.2 Å². The van der Waals surface area contributed by atoms with E-state index in [1.807, 2.05) is 24.3 Å². The first-order valence-electron chi connectivity index (χ1n) is 14.0. The van der Waals surface area contributed by atoms with Crippen molar-refractivity contribution in [1.29, 1.82) is 0 Å². The Bertz CT molecular complexity index is 1130. The fourth-order valence-corrected chi connectivity index (χ4v) is 8.64. The van der Waals surface area contributed by atoms with E-state index >= 15 is 0 Å². The third-order valence-corrected chi connectivity index (χ3v) is 9.92. The molecule has 1 saturated heterocycles. The molecular formula is C31H36ClNO4. The van der Waals surface area contributed by atoms with Crippen LogP contribution in [0.25, 0.3) is 11.1 Å². The molecule has 2 atom stereocenters. The van der Waals surface area contributed by atoms with E-state index in [1.54, 1.807) is 0 Å². The highest BCUT2D eigenvalue weighted by molar-refractivity contribution is 6.31. The standard InChI is InChI=1S/C31H36ClNO4/c32-27-17-21(20-3-6-24(7-4-20)37-11-1-2-28(34)35)5-8-25(27)30(26-9-10-33-31(26)36)29-22-13-18-12-19(15-22)16-23(29)14-18/h3-8,17-19,22-23,26,29-30H,1-2,9-16H2,(H,33,36)(H,34,35). The predicted molar refractivity (Wildman–Crippen MR) is 144 cm³/mol. The number of aliphatic carboxylic acids is 1. The fraction of sp³-hybridized carbons (Fsp3) is 0.548. The van der Waals surface area contributed by atoms with Gasteiger partial charge in [-0.05, 0) is 109 Å². The number of carboxylic acids is 1. The summed E-state index contributed by atoms with van der Waals surface area (Å²) in [5.74, 6) is 4.16. The summed E-state index contributed by atoms with van der Waals surface area (Å²) in [5.41, 5.74) is 3.25. The van der Waals surface area contributed by atoms with Crippen LogP contribution in [0.5, 0.6) is 5.75 Å². The average Bonchev–Trinajstić information content (AvgIpc) is 3.29. The summed E-state index contributed by atoms with van der Waals surface area (Å²) < 4.78 is 5.68. The number of nitrogens with one attached hydrogen (secondary N) is 1. The van der Waals surface area contributed by atoms with Gasteiger partial charge in [0.25, 0.3) is 0 Å². The summed E-state index contributed by atoms with van der Waals surface area (Å²) in [4.78, 5) is 23.7. The first-order valence-corrected chi connectivity index (χ1v) is 14.4. The number of halogens is 1. The van der Waals surface area contributed by atoms with Gasteiger partial charge in [0.1, 0.15) is 5.75 Å². The van der Waals surface area contributed by atoms with Crippen LogP contribution in [0.4, 0.5) is 0 Å². The van der Waals surface area contributed by atoms with E-state index in [0.29, 0.717) is 18.9 Å². The summed E-state index contributed by atoms with van der Waals surface area (Å²) in [7, 11) is 0. The minimum atomic E-state index is -0.807. The van der Waals surface area contributed by atoms with Gasteiger partial charge in [-0.15, -0.1) is 0 Å². The van der Waals surface area contributed by atoms with Crippen LogP contribution in [0, 0.1) is 35.5 Å². The average molecular weight is 522 g/mol. The number of rotatable bonds is 9. The van der Waals surface area contributed by atoms with Crippen LogP contribution in [0.15, 0.2) is 42.5 Å². The van der Waals surface area contributed by atoms with Crippen molar-refractivity contribution in [2.45, 2.75) is 57.3 Å². The van der Waals surface area contributed by atoms with Gasteiger partial charge in [0.2, 0.25) is 5.91 Å². The monoisotopic (exact) mass is 521 g/mol. The van der Waals surface area contributed by atoms with Gasteiger partial charge < -0.3 is 15.2 Å². The molecule has 1 amide bonds. The maximum Gasteiger partial charge on any atom is 0.303 e. The van der Waals surface area contributed by atoms with Gasteiger partial charge in [-0.2, -0.15) is 0 Å². The van der Waals surface area contributed by atoms with Crippen LogP contribution in [-0.2, 0) is 9.59 Å². The predicted octanol–water partition coefficient (Wildman–Crippen LogP) is 6.54. The molecule has 2 aromatic carbocycles. The van der Waals surface area contributed by atoms with Crippen LogP contribution in [0.1, 0.15) is 62.8 Å². The van der Waals surface area contributed by atoms with Gasteiger partial charge in [0.15, 0.2) is 0 Å². The van der Waals surface area contributed by atoms with Crippen LogP contribution in [-0.4, -0.2) is 30.1 Å². The minimum Gasteiger partial charge on any atom is -0.494 e. The lowest BCUT2D eigenvalue weighted by molar-refractivity contribution is -0.137. The van der Waals surface area contributed by atoms with Gasteiger partial charge in [-0.1, -0.05) is 35.9 Å². The second-order valence-corrected chi connectivity index (χ2v) is 12.2. The van der Waals surface area contributed by atoms with Crippen molar-refractivity contribution in [3.05, 3.63) is 53.1 Å². The maximum absolute atomic E-state index is 13.0. The first-order chi connectivity index (χ1) is 18.0. The zero-order chi connectivity index (χ0) is 25.5. The number of hydrogen-bond donors (Lipinski definition) is 2. The normalized spacial score (nSPS) is 30.8. The van der Waals surface area contributed by atoms with Crippen molar-refractivity contribution in [3.8, 4) is 16.9 Å². The van der Waals surface area contributed by atoms with Crippen LogP contribution < -0.4 is 10.1 Å². The van der Waals surface area contributed by atoms with Crippen molar-refractivity contribution in [2.24, 2.45) is 35.5 Å². The third kappa shape index (κ3) is 4.99. The zero-order valence-electron chi connectivity index (χ0n) is 21.2. The lowest BCUT2D eigenvalue weighted by atomic mass is 9.48. The second-order valence-electron chi connectivity index (χ2n) is 11.8. The minimum absolute atomic E-state index is 0.0171. The summed E-state index contributed by atoms with van der Waals surface area (Å²) in [6, 6.07) is 14.3.